The van der Waals surface area contributed by atoms with E-state index in [9.17, 15) is 0 Å². The van der Waals surface area contributed by atoms with Gasteiger partial charge < -0.3 is 19.1 Å². The largest absolute Gasteiger partial charge is 0.509 e. The molecule has 0 bridgehead atoms. The summed E-state index contributed by atoms with van der Waals surface area (Å²) in [4.78, 5) is 9.66. The van der Waals surface area contributed by atoms with Gasteiger partial charge in [0, 0.05) is 76.0 Å². The van der Waals surface area contributed by atoms with Crippen LogP contribution in [0.1, 0.15) is 74.9 Å². The minimum atomic E-state index is -0.0601. The average molecular weight is 1070 g/mol. The maximum atomic E-state index is 6.83. The Balaban J connectivity index is 0.00000525. The van der Waals surface area contributed by atoms with Crippen molar-refractivity contribution in [3.63, 3.8) is 0 Å². The summed E-state index contributed by atoms with van der Waals surface area (Å²) < 4.78 is 11.6. The number of hydrogen-bond acceptors (Lipinski definition) is 5. The molecule has 0 spiro atoms. The first-order valence-electron chi connectivity index (χ1n) is 22.7. The van der Waals surface area contributed by atoms with Gasteiger partial charge in [-0.3, -0.25) is 0 Å². The Morgan fingerprint density at radius 1 is 0.567 bits per heavy atom. The van der Waals surface area contributed by atoms with E-state index >= 15 is 0 Å². The Bertz CT molecular complexity index is 3520. The van der Waals surface area contributed by atoms with E-state index in [1.54, 1.807) is 0 Å². The molecule has 0 fully saturated rings. The fourth-order valence-electron chi connectivity index (χ4n) is 9.59. The number of aromatic nitrogens is 2. The summed E-state index contributed by atoms with van der Waals surface area (Å²) in [5.74, 6) is 2.04. The Morgan fingerprint density at radius 3 is 1.88 bits per heavy atom. The molecule has 7 aromatic carbocycles. The van der Waals surface area contributed by atoms with E-state index in [0.717, 1.165) is 55.8 Å². The van der Waals surface area contributed by atoms with Crippen LogP contribution in [0.3, 0.4) is 0 Å². The summed E-state index contributed by atoms with van der Waals surface area (Å²) >= 11 is 1.83. The van der Waals surface area contributed by atoms with Crippen LogP contribution in [-0.2, 0) is 31.9 Å². The van der Waals surface area contributed by atoms with Crippen molar-refractivity contribution in [1.82, 2.24) is 9.55 Å². The van der Waals surface area contributed by atoms with Gasteiger partial charge in [0.25, 0.3) is 0 Å². The Hall–Kier alpha value is -6.46. The number of rotatable bonds is 7. The van der Waals surface area contributed by atoms with Gasteiger partial charge >= 0.3 is 0 Å². The first-order valence-corrected chi connectivity index (χ1v) is 23.5. The van der Waals surface area contributed by atoms with E-state index in [1.807, 2.05) is 35.7 Å². The molecule has 5 nitrogen and oxygen atoms in total. The third-order valence-corrected chi connectivity index (χ3v) is 14.0. The third kappa shape index (κ3) is 7.84. The van der Waals surface area contributed by atoms with Crippen molar-refractivity contribution in [1.29, 1.82) is 0 Å². The zero-order valence-corrected chi connectivity index (χ0v) is 42.1. The van der Waals surface area contributed by atoms with Crippen molar-refractivity contribution in [2.75, 3.05) is 9.80 Å². The molecular formula is C60H51N4OPtS-3. The minimum absolute atomic E-state index is 0. The molecule has 0 saturated heterocycles. The molecule has 11 rings (SSSR count). The van der Waals surface area contributed by atoms with Gasteiger partial charge in [0.1, 0.15) is 5.82 Å². The maximum Gasteiger partial charge on any atom is 0.135 e. The standard InChI is InChI=1S/C60H51N4OS.Pt/c1-38-32-43(60(6,7)8)33-39(2)55(38)63-37-62(56(40-18-11-9-12-19-40)57(63)41-20-13-10-14-21-41)44-22-17-23-45(35-44)65-46-26-27-47-48-28-29-52-54(49-24-15-16-25-51(49)66-52)58(48)64(50(47)36-46)53-34-42(30-31-61-53)59(3,4)5;/h9-34,37H,1-8H3;/q-3;. The van der Waals surface area contributed by atoms with Crippen LogP contribution in [0.4, 0.5) is 11.4 Å². The van der Waals surface area contributed by atoms with E-state index in [-0.39, 0.29) is 31.9 Å². The van der Waals surface area contributed by atoms with Crippen LogP contribution < -0.4 is 14.5 Å². The summed E-state index contributed by atoms with van der Waals surface area (Å²) in [5, 5.41) is 4.72. The minimum Gasteiger partial charge on any atom is -0.509 e. The molecule has 336 valence electrons. The Labute approximate surface area is 412 Å². The molecule has 67 heavy (non-hydrogen) atoms. The Morgan fingerprint density at radius 2 is 1.19 bits per heavy atom. The van der Waals surface area contributed by atoms with Crippen LogP contribution >= 0.6 is 11.3 Å². The number of anilines is 2. The summed E-state index contributed by atoms with van der Waals surface area (Å²) in [6.45, 7) is 20.3. The molecule has 4 heterocycles. The van der Waals surface area contributed by atoms with Crippen LogP contribution in [0.5, 0.6) is 11.5 Å². The normalized spacial score (nSPS) is 13.4. The molecule has 0 aliphatic carbocycles. The second-order valence-electron chi connectivity index (χ2n) is 19.5. The third-order valence-electron chi connectivity index (χ3n) is 12.9. The molecule has 0 N–H and O–H groups in total. The predicted octanol–water partition coefficient (Wildman–Crippen LogP) is 16.1. The van der Waals surface area contributed by atoms with Crippen molar-refractivity contribution in [2.45, 2.75) is 66.2 Å². The van der Waals surface area contributed by atoms with Gasteiger partial charge in [-0.2, -0.15) is 12.1 Å². The van der Waals surface area contributed by atoms with Crippen molar-refractivity contribution >= 4 is 76.1 Å². The fraction of sp³-hybridized carbons (Fsp3) is 0.167. The molecular weight excluding hydrogens is 1020 g/mol. The molecule has 0 saturated carbocycles. The van der Waals surface area contributed by atoms with E-state index < -0.39 is 0 Å². The smallest absolute Gasteiger partial charge is 0.135 e. The van der Waals surface area contributed by atoms with Crippen LogP contribution in [0.2, 0.25) is 0 Å². The van der Waals surface area contributed by atoms with E-state index in [0.29, 0.717) is 11.5 Å². The van der Waals surface area contributed by atoms with Crippen LogP contribution in [0.25, 0.3) is 59.2 Å². The maximum absolute atomic E-state index is 6.83. The van der Waals surface area contributed by atoms with Gasteiger partial charge in [-0.1, -0.05) is 144 Å². The van der Waals surface area contributed by atoms with Crippen LogP contribution in [0, 0.1) is 32.6 Å². The van der Waals surface area contributed by atoms with Crippen LogP contribution in [-0.4, -0.2) is 9.55 Å². The van der Waals surface area contributed by atoms with Gasteiger partial charge in [-0.15, -0.1) is 59.4 Å². The number of aryl methyl sites for hydroxylation is 2. The number of ether oxygens (including phenoxy) is 1. The molecule has 1 aliphatic heterocycles. The van der Waals surface area contributed by atoms with E-state index in [4.69, 9.17) is 9.72 Å². The summed E-state index contributed by atoms with van der Waals surface area (Å²) in [7, 11) is 0. The number of nitrogens with zero attached hydrogens (tertiary/aromatic N) is 4. The van der Waals surface area contributed by atoms with Gasteiger partial charge in [0.05, 0.1) is 5.52 Å². The van der Waals surface area contributed by atoms with E-state index in [2.05, 4.69) is 222 Å². The van der Waals surface area contributed by atoms with E-state index in [1.165, 1.54) is 48.1 Å². The second kappa shape index (κ2) is 17.0. The molecule has 3 aromatic heterocycles. The van der Waals surface area contributed by atoms with Gasteiger partial charge in [-0.05, 0) is 87.7 Å². The molecule has 0 radical (unpaired) electrons. The Kier molecular flexibility index (Phi) is 11.3. The summed E-state index contributed by atoms with van der Waals surface area (Å²) in [6, 6.07) is 61.4. The van der Waals surface area contributed by atoms with Crippen LogP contribution in [0.15, 0.2) is 158 Å². The fourth-order valence-corrected chi connectivity index (χ4v) is 10.7. The SMILES string of the molecule is Cc1cc(C(C)(C)C)cc(C)c1N1[CH-]N(c2[c-]c(Oc3[c-]c4c(cc3)c3ccc5sc6ccccc6c5c3n4-c3cc(C(C)(C)C)ccn3)ccc2)C(c2ccccc2)=C1c1ccccc1.[Pt]. The number of fused-ring (bicyclic) bond motifs is 7. The zero-order chi connectivity index (χ0) is 45.5. The summed E-state index contributed by atoms with van der Waals surface area (Å²) in [6.07, 6.45) is 1.93. The molecule has 0 unspecified atom stereocenters. The number of hydrogen-bond donors (Lipinski definition) is 0. The van der Waals surface area contributed by atoms with Crippen molar-refractivity contribution < 1.29 is 25.8 Å². The van der Waals surface area contributed by atoms with Crippen molar-refractivity contribution in [3.05, 3.63) is 210 Å². The summed E-state index contributed by atoms with van der Waals surface area (Å²) in [5.41, 5.74) is 13.4. The number of pyridine rings is 1. The monoisotopic (exact) mass is 1070 g/mol. The molecule has 10 aromatic rings. The molecule has 1 aliphatic rings. The average Bonchev–Trinajstić information content (AvgIpc) is 3.99. The first-order chi connectivity index (χ1) is 31.8. The predicted molar refractivity (Wildman–Crippen MR) is 278 cm³/mol. The number of thiophene rings is 1. The van der Waals surface area contributed by atoms with Crippen molar-refractivity contribution in [3.8, 4) is 17.3 Å². The first kappa shape index (κ1) is 44.4. The zero-order valence-electron chi connectivity index (χ0n) is 39.0. The molecule has 0 atom stereocenters. The molecule has 0 amide bonds. The molecule has 7 heteroatoms. The second-order valence-corrected chi connectivity index (χ2v) is 20.6. The van der Waals surface area contributed by atoms with Gasteiger partial charge in [-0.25, -0.2) is 4.98 Å². The quantitative estimate of drug-likeness (QED) is 0.149. The topological polar surface area (TPSA) is 33.5 Å². The van der Waals surface area contributed by atoms with Crippen molar-refractivity contribution in [2.24, 2.45) is 0 Å². The number of benzene rings is 7. The van der Waals surface area contributed by atoms with Gasteiger partial charge in [0.15, 0.2) is 0 Å². The van der Waals surface area contributed by atoms with Gasteiger partial charge in [0.2, 0.25) is 0 Å².